The smallest absolute Gasteiger partial charge is 0.274 e. The van der Waals surface area contributed by atoms with Gasteiger partial charge in [0.1, 0.15) is 12.3 Å². The van der Waals surface area contributed by atoms with Gasteiger partial charge in [-0.1, -0.05) is 0 Å². The molecule has 4 rings (SSSR count). The van der Waals surface area contributed by atoms with E-state index in [0.717, 1.165) is 38.5 Å². The third-order valence-electron chi connectivity index (χ3n) is 5.15. The van der Waals surface area contributed by atoms with E-state index >= 15 is 0 Å². The van der Waals surface area contributed by atoms with Crippen LogP contribution in [0.1, 0.15) is 16.2 Å². The molecule has 10 heteroatoms. The van der Waals surface area contributed by atoms with Crippen molar-refractivity contribution in [1.29, 1.82) is 0 Å². The molecule has 4 heterocycles. The van der Waals surface area contributed by atoms with Crippen LogP contribution < -0.4 is 15.0 Å². The van der Waals surface area contributed by atoms with E-state index in [2.05, 4.69) is 25.2 Å². The summed E-state index contributed by atoms with van der Waals surface area (Å²) >= 11 is 0. The third kappa shape index (κ3) is 6.09. The number of anilines is 2. The van der Waals surface area contributed by atoms with E-state index in [1.54, 1.807) is 12.3 Å². The normalized spacial score (nSPS) is 17.4. The molecule has 31 heavy (non-hydrogen) atoms. The van der Waals surface area contributed by atoms with Crippen molar-refractivity contribution in [1.82, 2.24) is 19.9 Å². The van der Waals surface area contributed by atoms with Crippen LogP contribution in [0.15, 0.2) is 24.4 Å². The van der Waals surface area contributed by atoms with Gasteiger partial charge in [-0.15, -0.1) is 0 Å². The van der Waals surface area contributed by atoms with E-state index in [-0.39, 0.29) is 11.6 Å². The minimum absolute atomic E-state index is 0.249. The predicted molar refractivity (Wildman–Crippen MR) is 115 cm³/mol. The van der Waals surface area contributed by atoms with E-state index in [1.165, 1.54) is 0 Å². The maximum Gasteiger partial charge on any atom is 0.274 e. The Morgan fingerprint density at radius 2 is 1.84 bits per heavy atom. The van der Waals surface area contributed by atoms with Gasteiger partial charge in [0, 0.05) is 44.5 Å². The second kappa shape index (κ2) is 10.5. The number of carbonyl (C=O) groups is 1. The highest BCUT2D eigenvalue weighted by Gasteiger charge is 2.19. The molecule has 2 aliphatic heterocycles. The van der Waals surface area contributed by atoms with Gasteiger partial charge in [-0.25, -0.2) is 4.98 Å². The minimum Gasteiger partial charge on any atom is -0.476 e. The van der Waals surface area contributed by atoms with Gasteiger partial charge in [0.25, 0.3) is 5.91 Å². The van der Waals surface area contributed by atoms with E-state index in [9.17, 15) is 4.79 Å². The van der Waals surface area contributed by atoms with Crippen molar-refractivity contribution < 1.29 is 19.0 Å². The van der Waals surface area contributed by atoms with Gasteiger partial charge in [0.15, 0.2) is 0 Å². The summed E-state index contributed by atoms with van der Waals surface area (Å²) in [7, 11) is 0. The molecule has 0 aromatic carbocycles. The predicted octanol–water partition coefficient (Wildman–Crippen LogP) is 0.980. The molecule has 0 atom stereocenters. The Hall–Kier alpha value is -2.82. The summed E-state index contributed by atoms with van der Waals surface area (Å²) in [6.07, 6.45) is 1.62. The number of ether oxygens (including phenoxy) is 3. The lowest BCUT2D eigenvalue weighted by Gasteiger charge is -2.27. The third-order valence-corrected chi connectivity index (χ3v) is 5.15. The monoisotopic (exact) mass is 428 g/mol. The standard InChI is InChI=1S/C21H28N6O4/c1-16-2-3-17(15-22-16)23-20(28)18-14-19(31-13-6-26-4-9-29-10-5-26)25-21(24-18)27-7-11-30-12-8-27/h2-3,14-15H,4-13H2,1H3,(H,23,28). The highest BCUT2D eigenvalue weighted by Crippen LogP contribution is 2.18. The maximum atomic E-state index is 12.9. The number of hydrogen-bond donors (Lipinski definition) is 1. The van der Waals surface area contributed by atoms with Crippen LogP contribution in [0.4, 0.5) is 11.6 Å². The molecule has 2 aromatic heterocycles. The fraction of sp³-hybridized carbons (Fsp3) is 0.524. The van der Waals surface area contributed by atoms with Crippen LogP contribution in [-0.4, -0.2) is 91.5 Å². The molecule has 0 radical (unpaired) electrons. The summed E-state index contributed by atoms with van der Waals surface area (Å²) in [5.41, 5.74) is 1.74. The Labute approximate surface area is 181 Å². The van der Waals surface area contributed by atoms with Crippen LogP contribution in [0, 0.1) is 6.92 Å². The summed E-state index contributed by atoms with van der Waals surface area (Å²) in [6.45, 7) is 8.95. The van der Waals surface area contributed by atoms with Crippen molar-refractivity contribution in [3.8, 4) is 5.88 Å². The molecule has 1 N–H and O–H groups in total. The molecule has 2 saturated heterocycles. The Bertz CT molecular complexity index is 867. The van der Waals surface area contributed by atoms with Crippen LogP contribution in [0.25, 0.3) is 0 Å². The number of nitrogens with zero attached hydrogens (tertiary/aromatic N) is 5. The molecule has 2 fully saturated rings. The van der Waals surface area contributed by atoms with E-state index in [1.807, 2.05) is 24.0 Å². The Kier molecular flexibility index (Phi) is 7.23. The van der Waals surface area contributed by atoms with Crippen molar-refractivity contribution in [2.75, 3.05) is 76.0 Å². The summed E-state index contributed by atoms with van der Waals surface area (Å²) in [5, 5.41) is 2.84. The first kappa shape index (κ1) is 21.4. The Balaban J connectivity index is 1.47. The molecule has 166 valence electrons. The number of carbonyl (C=O) groups excluding carboxylic acids is 1. The summed E-state index contributed by atoms with van der Waals surface area (Å²) < 4.78 is 16.7. The van der Waals surface area contributed by atoms with Gasteiger partial charge in [0.05, 0.1) is 38.3 Å². The van der Waals surface area contributed by atoms with Crippen molar-refractivity contribution in [3.63, 3.8) is 0 Å². The van der Waals surface area contributed by atoms with Crippen molar-refractivity contribution in [2.24, 2.45) is 0 Å². The van der Waals surface area contributed by atoms with Gasteiger partial charge in [-0.3, -0.25) is 14.7 Å². The van der Waals surface area contributed by atoms with Crippen molar-refractivity contribution >= 4 is 17.5 Å². The van der Waals surface area contributed by atoms with Crippen molar-refractivity contribution in [3.05, 3.63) is 35.8 Å². The second-order valence-electron chi connectivity index (χ2n) is 7.44. The molecule has 0 bridgehead atoms. The van der Waals surface area contributed by atoms with Gasteiger partial charge >= 0.3 is 0 Å². The zero-order chi connectivity index (χ0) is 21.5. The highest BCUT2D eigenvalue weighted by atomic mass is 16.5. The molecule has 0 spiro atoms. The molecule has 2 aliphatic rings. The topological polar surface area (TPSA) is 102 Å². The molecular formula is C21H28N6O4. The number of morpholine rings is 2. The summed E-state index contributed by atoms with van der Waals surface area (Å²) in [4.78, 5) is 30.4. The van der Waals surface area contributed by atoms with Gasteiger partial charge in [-0.2, -0.15) is 4.98 Å². The van der Waals surface area contributed by atoms with Crippen molar-refractivity contribution in [2.45, 2.75) is 6.92 Å². The van der Waals surface area contributed by atoms with E-state index in [4.69, 9.17) is 14.2 Å². The molecule has 0 saturated carbocycles. The SMILES string of the molecule is Cc1ccc(NC(=O)c2cc(OCCN3CCOCC3)nc(N3CCOCC3)n2)cn1. The van der Waals surface area contributed by atoms with Crippen LogP contribution in [0.2, 0.25) is 0 Å². The molecule has 0 unspecified atom stereocenters. The number of pyridine rings is 1. The fourth-order valence-electron chi connectivity index (χ4n) is 3.35. The maximum absolute atomic E-state index is 12.9. The highest BCUT2D eigenvalue weighted by molar-refractivity contribution is 6.03. The van der Waals surface area contributed by atoms with E-state index in [0.29, 0.717) is 50.4 Å². The molecule has 1 amide bonds. The first-order valence-electron chi connectivity index (χ1n) is 10.6. The number of aryl methyl sites for hydroxylation is 1. The quantitative estimate of drug-likeness (QED) is 0.691. The average Bonchev–Trinajstić information content (AvgIpc) is 2.82. The minimum atomic E-state index is -0.333. The van der Waals surface area contributed by atoms with E-state index < -0.39 is 0 Å². The average molecular weight is 428 g/mol. The molecule has 0 aliphatic carbocycles. The van der Waals surface area contributed by atoms with Crippen LogP contribution in [-0.2, 0) is 9.47 Å². The largest absolute Gasteiger partial charge is 0.476 e. The number of nitrogens with one attached hydrogen (secondary N) is 1. The van der Waals surface area contributed by atoms with Gasteiger partial charge in [0.2, 0.25) is 11.8 Å². The fourth-order valence-corrected chi connectivity index (χ4v) is 3.35. The lowest BCUT2D eigenvalue weighted by atomic mass is 10.3. The number of amides is 1. The zero-order valence-electron chi connectivity index (χ0n) is 17.7. The summed E-state index contributed by atoms with van der Waals surface area (Å²) in [6, 6.07) is 5.24. The van der Waals surface area contributed by atoms with Gasteiger partial charge < -0.3 is 24.4 Å². The zero-order valence-corrected chi connectivity index (χ0v) is 17.7. The van der Waals surface area contributed by atoms with Crippen LogP contribution in [0.5, 0.6) is 5.88 Å². The first-order valence-corrected chi connectivity index (χ1v) is 10.6. The van der Waals surface area contributed by atoms with Gasteiger partial charge in [-0.05, 0) is 19.1 Å². The number of rotatable bonds is 7. The molecule has 2 aromatic rings. The molecular weight excluding hydrogens is 400 g/mol. The lowest BCUT2D eigenvalue weighted by Crippen LogP contribution is -2.39. The Morgan fingerprint density at radius 1 is 1.10 bits per heavy atom. The lowest BCUT2D eigenvalue weighted by molar-refractivity contribution is 0.0320. The second-order valence-corrected chi connectivity index (χ2v) is 7.44. The number of hydrogen-bond acceptors (Lipinski definition) is 9. The number of aromatic nitrogens is 3. The van der Waals surface area contributed by atoms with Crippen LogP contribution in [0.3, 0.4) is 0 Å². The Morgan fingerprint density at radius 3 is 2.55 bits per heavy atom. The first-order chi connectivity index (χ1) is 15.2. The summed E-state index contributed by atoms with van der Waals surface area (Å²) in [5.74, 6) is 0.525. The molecule has 10 nitrogen and oxygen atoms in total. The van der Waals surface area contributed by atoms with Crippen LogP contribution >= 0.6 is 0 Å².